The molecule has 3 heterocycles. The highest BCUT2D eigenvalue weighted by Crippen LogP contribution is 2.44. The van der Waals surface area contributed by atoms with Crippen LogP contribution in [0.25, 0.3) is 68.3 Å². The molecule has 0 atom stereocenters. The topological polar surface area (TPSA) is 38.7 Å². The first kappa shape index (κ1) is 27.0. The van der Waals surface area contributed by atoms with Crippen molar-refractivity contribution in [2.75, 3.05) is 0 Å². The van der Waals surface area contributed by atoms with E-state index in [4.69, 9.17) is 9.97 Å². The predicted octanol–water partition coefficient (Wildman–Crippen LogP) is 10.8. The number of rotatable bonds is 3. The van der Waals surface area contributed by atoms with Crippen LogP contribution in [0.2, 0.25) is 0 Å². The van der Waals surface area contributed by atoms with Crippen molar-refractivity contribution in [3.63, 3.8) is 0 Å². The van der Waals surface area contributed by atoms with Gasteiger partial charge in [-0.25, -0.2) is 9.97 Å². The van der Waals surface area contributed by atoms with Gasteiger partial charge in [0.2, 0.25) is 0 Å². The summed E-state index contributed by atoms with van der Waals surface area (Å²) in [6.07, 6.45) is 8.11. The fourth-order valence-corrected chi connectivity index (χ4v) is 6.92. The minimum atomic E-state index is 0.688. The molecule has 5 aromatic carbocycles. The van der Waals surface area contributed by atoms with Crippen molar-refractivity contribution in [1.29, 1.82) is 0 Å². The van der Waals surface area contributed by atoms with E-state index < -0.39 is 0 Å². The summed E-state index contributed by atoms with van der Waals surface area (Å²) >= 11 is 1.82. The molecule has 0 amide bonds. The largest absolute Gasteiger partial charge is 0.264 e. The first-order chi connectivity index (χ1) is 22.3. The first-order valence-electron chi connectivity index (χ1n) is 14.9. The monoisotopic (exact) mass is 593 g/mol. The van der Waals surface area contributed by atoms with E-state index in [1.165, 1.54) is 32.0 Å². The molecule has 0 N–H and O–H groups in total. The van der Waals surface area contributed by atoms with Gasteiger partial charge in [0.15, 0.2) is 5.82 Å². The van der Waals surface area contributed by atoms with Gasteiger partial charge in [0.25, 0.3) is 0 Å². The van der Waals surface area contributed by atoms with Crippen LogP contribution >= 0.6 is 11.8 Å². The van der Waals surface area contributed by atoms with Crippen molar-refractivity contribution in [2.24, 2.45) is 0 Å². The van der Waals surface area contributed by atoms with Crippen molar-refractivity contribution < 1.29 is 0 Å². The molecule has 0 spiro atoms. The molecular formula is C41H27N3S. The second-order valence-corrected chi connectivity index (χ2v) is 12.0. The van der Waals surface area contributed by atoms with Crippen LogP contribution in [0.15, 0.2) is 162 Å². The average Bonchev–Trinajstić information content (AvgIpc) is 3.14. The van der Waals surface area contributed by atoms with Gasteiger partial charge in [-0.05, 0) is 69.8 Å². The van der Waals surface area contributed by atoms with Gasteiger partial charge in [0.05, 0.1) is 11.4 Å². The van der Waals surface area contributed by atoms with Crippen LogP contribution in [0.5, 0.6) is 0 Å². The van der Waals surface area contributed by atoms with Crippen molar-refractivity contribution in [2.45, 2.75) is 9.79 Å². The van der Waals surface area contributed by atoms with E-state index in [9.17, 15) is 0 Å². The Bertz CT molecular complexity index is 2130. The number of nitrogens with zero attached hydrogens (tertiary/aromatic N) is 3. The van der Waals surface area contributed by atoms with Crippen molar-refractivity contribution in [3.05, 3.63) is 163 Å². The predicted molar refractivity (Wildman–Crippen MR) is 186 cm³/mol. The molecular weight excluding hydrogens is 567 g/mol. The Morgan fingerprint density at radius 1 is 0.422 bits per heavy atom. The summed E-state index contributed by atoms with van der Waals surface area (Å²) in [6, 6.07) is 48.9. The zero-order valence-corrected chi connectivity index (χ0v) is 25.2. The Balaban J connectivity index is 1.34. The quantitative estimate of drug-likeness (QED) is 0.204. The zero-order valence-electron chi connectivity index (χ0n) is 24.3. The van der Waals surface area contributed by atoms with Crippen molar-refractivity contribution in [3.8, 4) is 56.2 Å². The van der Waals surface area contributed by atoms with Gasteiger partial charge in [0.1, 0.15) is 0 Å². The summed E-state index contributed by atoms with van der Waals surface area (Å²) in [5, 5.41) is 0. The van der Waals surface area contributed by atoms with Gasteiger partial charge in [-0.15, -0.1) is 0 Å². The number of hydrogen-bond acceptors (Lipinski definition) is 4. The Hall–Kier alpha value is -5.58. The van der Waals surface area contributed by atoms with Crippen LogP contribution in [0.1, 0.15) is 11.1 Å². The third-order valence-corrected chi connectivity index (χ3v) is 9.19. The summed E-state index contributed by atoms with van der Waals surface area (Å²) < 4.78 is 0. The van der Waals surface area contributed by atoms with E-state index >= 15 is 0 Å². The second-order valence-electron chi connectivity index (χ2n) is 10.9. The fourth-order valence-electron chi connectivity index (χ4n) is 5.81. The van der Waals surface area contributed by atoms with Crippen LogP contribution in [-0.4, -0.2) is 15.0 Å². The number of hydrogen-bond donors (Lipinski definition) is 0. The van der Waals surface area contributed by atoms with Crippen LogP contribution in [-0.2, 0) is 0 Å². The Kier molecular flexibility index (Phi) is 7.10. The maximum Gasteiger partial charge on any atom is 0.160 e. The summed E-state index contributed by atoms with van der Waals surface area (Å²) in [7, 11) is 0. The third kappa shape index (κ3) is 5.37. The molecule has 45 heavy (non-hydrogen) atoms. The third-order valence-electron chi connectivity index (χ3n) is 8.04. The highest BCUT2D eigenvalue weighted by molar-refractivity contribution is 7.99. The Morgan fingerprint density at radius 3 is 1.76 bits per heavy atom. The highest BCUT2D eigenvalue weighted by atomic mass is 32.2. The Labute approximate surface area is 267 Å². The minimum Gasteiger partial charge on any atom is -0.264 e. The van der Waals surface area contributed by atoms with Gasteiger partial charge < -0.3 is 0 Å². The van der Waals surface area contributed by atoms with Crippen LogP contribution < -0.4 is 0 Å². The van der Waals surface area contributed by atoms with E-state index in [0.29, 0.717) is 5.82 Å². The maximum atomic E-state index is 5.10. The maximum absolute atomic E-state index is 5.10. The number of pyridine rings is 1. The summed E-state index contributed by atoms with van der Waals surface area (Å²) in [4.78, 5) is 16.9. The lowest BCUT2D eigenvalue weighted by molar-refractivity contribution is 1.18. The molecule has 4 heteroatoms. The summed E-state index contributed by atoms with van der Waals surface area (Å²) in [6.45, 7) is 0. The molecule has 212 valence electrons. The summed E-state index contributed by atoms with van der Waals surface area (Å²) in [5.41, 5.74) is 11.8. The van der Waals surface area contributed by atoms with Crippen LogP contribution in [0, 0.1) is 0 Å². The lowest BCUT2D eigenvalue weighted by atomic mass is 9.94. The van der Waals surface area contributed by atoms with Gasteiger partial charge in [-0.2, -0.15) is 0 Å². The number of fused-ring (bicyclic) bond motifs is 6. The molecule has 1 aliphatic heterocycles. The van der Waals surface area contributed by atoms with Gasteiger partial charge >= 0.3 is 0 Å². The highest BCUT2D eigenvalue weighted by Gasteiger charge is 2.17. The summed E-state index contributed by atoms with van der Waals surface area (Å²) in [5.74, 6) is 0.688. The molecule has 1 aliphatic rings. The van der Waals surface area contributed by atoms with E-state index in [1.54, 1.807) is 6.20 Å². The normalized spacial score (nSPS) is 11.8. The fraction of sp³-hybridized carbons (Fsp3) is 0. The van der Waals surface area contributed by atoms with Crippen molar-refractivity contribution in [1.82, 2.24) is 15.0 Å². The molecule has 0 aliphatic carbocycles. The van der Waals surface area contributed by atoms with Gasteiger partial charge in [-0.3, -0.25) is 4.98 Å². The molecule has 0 saturated carbocycles. The van der Waals surface area contributed by atoms with Crippen LogP contribution in [0.4, 0.5) is 0 Å². The minimum absolute atomic E-state index is 0.688. The molecule has 3 nitrogen and oxygen atoms in total. The van der Waals surface area contributed by atoms with Gasteiger partial charge in [0, 0.05) is 38.9 Å². The molecule has 2 aromatic heterocycles. The van der Waals surface area contributed by atoms with E-state index in [2.05, 4.69) is 126 Å². The van der Waals surface area contributed by atoms with E-state index in [0.717, 1.165) is 39.2 Å². The van der Waals surface area contributed by atoms with Gasteiger partial charge in [-0.1, -0.05) is 127 Å². The van der Waals surface area contributed by atoms with Crippen LogP contribution in [0.3, 0.4) is 0 Å². The standard InChI is InChI=1S/C41H27N3S/c1-2-12-30(13-3-1)41-43-37(26-38(44-41)32-14-10-24-42-27-32)31-23-22-29-21-20-28-11-4-5-15-33(28)34-16-6-8-18-39(34)45-40-19-9-7-17-35(40)36(29)25-31/h1-27H. The van der Waals surface area contributed by atoms with E-state index in [-0.39, 0.29) is 0 Å². The first-order valence-corrected chi connectivity index (χ1v) is 15.7. The molecule has 8 rings (SSSR count). The Morgan fingerprint density at radius 2 is 1.02 bits per heavy atom. The molecule has 0 fully saturated rings. The van der Waals surface area contributed by atoms with E-state index in [1.807, 2.05) is 48.3 Å². The zero-order chi connectivity index (χ0) is 30.0. The average molecular weight is 594 g/mol. The molecule has 7 aromatic rings. The lowest BCUT2D eigenvalue weighted by Gasteiger charge is -2.15. The molecule has 0 saturated heterocycles. The molecule has 0 bridgehead atoms. The molecule has 0 radical (unpaired) electrons. The lowest BCUT2D eigenvalue weighted by Crippen LogP contribution is -1.97. The number of aromatic nitrogens is 3. The SMILES string of the molecule is C1=Cc2ccc(-c3cc(-c4cccnc4)nc(-c4ccccc4)n3)cc2-c2ccccc2Sc2ccccc2-c2ccccc21. The number of benzene rings is 5. The molecule has 0 unspecified atom stereocenters. The second kappa shape index (κ2) is 11.8. The smallest absolute Gasteiger partial charge is 0.160 e. The van der Waals surface area contributed by atoms with Crippen molar-refractivity contribution >= 4 is 23.9 Å².